The van der Waals surface area contributed by atoms with Crippen molar-refractivity contribution < 1.29 is 0 Å². The smallest absolute Gasteiger partial charge is 0.320 e. The summed E-state index contributed by atoms with van der Waals surface area (Å²) in [5.74, 6) is 0. The van der Waals surface area contributed by atoms with Gasteiger partial charge in [0.15, 0.2) is 0 Å². The van der Waals surface area contributed by atoms with Crippen LogP contribution >= 0.6 is 11.8 Å². The van der Waals surface area contributed by atoms with Crippen molar-refractivity contribution in [2.24, 2.45) is 7.05 Å². The highest BCUT2D eigenvalue weighted by Gasteiger charge is 2.07. The number of nitrogens with zero attached hydrogens (tertiary/aromatic N) is 3. The van der Waals surface area contributed by atoms with Crippen LogP contribution in [0, 0.1) is 0 Å². The normalized spacial score (nSPS) is 10.9. The molecule has 2 aromatic rings. The van der Waals surface area contributed by atoms with Gasteiger partial charge in [-0.25, -0.2) is 9.78 Å². The zero-order valence-electron chi connectivity index (χ0n) is 7.24. The van der Waals surface area contributed by atoms with Gasteiger partial charge in [0.05, 0.1) is 6.33 Å². The van der Waals surface area contributed by atoms with Crippen molar-refractivity contribution in [1.82, 2.24) is 19.5 Å². The van der Waals surface area contributed by atoms with Crippen molar-refractivity contribution in [3.63, 3.8) is 0 Å². The lowest BCUT2D eigenvalue weighted by Gasteiger charge is -1.96. The molecule has 0 atom stereocenters. The third-order valence-corrected chi connectivity index (χ3v) is 2.43. The summed E-state index contributed by atoms with van der Waals surface area (Å²) in [7, 11) is 1.83. The molecule has 1 N–H and O–H groups in total. The molecule has 0 radical (unpaired) electrons. The van der Waals surface area contributed by atoms with E-state index in [2.05, 4.69) is 15.0 Å². The van der Waals surface area contributed by atoms with E-state index < -0.39 is 0 Å². The summed E-state index contributed by atoms with van der Waals surface area (Å²) in [6.45, 7) is 0. The summed E-state index contributed by atoms with van der Waals surface area (Å²) in [6, 6.07) is 0. The number of imidazole rings is 1. The monoisotopic (exact) mass is 196 g/mol. The maximum atomic E-state index is 11.1. The number of aromatic nitrogens is 4. The number of aryl methyl sites for hydroxylation is 1. The maximum Gasteiger partial charge on any atom is 0.347 e. The van der Waals surface area contributed by atoms with Gasteiger partial charge in [-0.1, -0.05) is 0 Å². The van der Waals surface area contributed by atoms with Crippen LogP contribution in [-0.4, -0.2) is 25.8 Å². The van der Waals surface area contributed by atoms with Gasteiger partial charge in [-0.3, -0.25) is 4.98 Å². The van der Waals surface area contributed by atoms with Gasteiger partial charge in [-0.15, -0.1) is 11.8 Å². The molecule has 0 saturated heterocycles. The van der Waals surface area contributed by atoms with Crippen LogP contribution in [-0.2, 0) is 7.05 Å². The molecular formula is C7H8N4OS. The van der Waals surface area contributed by atoms with E-state index in [9.17, 15) is 4.79 Å². The van der Waals surface area contributed by atoms with E-state index in [1.807, 2.05) is 13.3 Å². The lowest BCUT2D eigenvalue weighted by atomic mass is 10.5. The summed E-state index contributed by atoms with van der Waals surface area (Å²) in [4.78, 5) is 21.7. The minimum Gasteiger partial charge on any atom is -0.320 e. The molecular weight excluding hydrogens is 188 g/mol. The van der Waals surface area contributed by atoms with Gasteiger partial charge < -0.3 is 4.57 Å². The van der Waals surface area contributed by atoms with Crippen LogP contribution < -0.4 is 5.69 Å². The first-order chi connectivity index (χ1) is 6.22. The summed E-state index contributed by atoms with van der Waals surface area (Å²) in [5.41, 5.74) is 1.12. The van der Waals surface area contributed by atoms with Gasteiger partial charge in [0.2, 0.25) is 0 Å². The van der Waals surface area contributed by atoms with Crippen molar-refractivity contribution in [1.29, 1.82) is 0 Å². The third kappa shape index (κ3) is 1.23. The van der Waals surface area contributed by atoms with Gasteiger partial charge in [0.1, 0.15) is 16.2 Å². The number of thioether (sulfide) groups is 1. The Morgan fingerprint density at radius 3 is 3.08 bits per heavy atom. The minimum absolute atomic E-state index is 0.333. The molecule has 0 spiro atoms. The molecule has 0 saturated carbocycles. The molecule has 6 heteroatoms. The number of hydrogen-bond donors (Lipinski definition) is 1. The molecule has 2 aromatic heterocycles. The van der Waals surface area contributed by atoms with E-state index >= 15 is 0 Å². The first kappa shape index (κ1) is 8.31. The Kier molecular flexibility index (Phi) is 1.84. The van der Waals surface area contributed by atoms with Crippen LogP contribution in [0.3, 0.4) is 0 Å². The molecule has 0 aromatic carbocycles. The number of H-pyrrole nitrogens is 1. The Hall–Kier alpha value is -1.30. The topological polar surface area (TPSA) is 63.6 Å². The largest absolute Gasteiger partial charge is 0.347 e. The number of hydrogen-bond acceptors (Lipinski definition) is 4. The number of rotatable bonds is 1. The predicted molar refractivity (Wildman–Crippen MR) is 50.9 cm³/mol. The quantitative estimate of drug-likeness (QED) is 0.529. The van der Waals surface area contributed by atoms with Crippen LogP contribution in [0.25, 0.3) is 11.2 Å². The first-order valence-electron chi connectivity index (χ1n) is 3.67. The zero-order valence-corrected chi connectivity index (χ0v) is 8.05. The summed E-state index contributed by atoms with van der Waals surface area (Å²) in [6.07, 6.45) is 3.53. The summed E-state index contributed by atoms with van der Waals surface area (Å²) < 4.78 is 1.76. The Morgan fingerprint density at radius 1 is 1.62 bits per heavy atom. The Balaban J connectivity index is 2.92. The van der Waals surface area contributed by atoms with Crippen LogP contribution in [0.1, 0.15) is 0 Å². The average Bonchev–Trinajstić information content (AvgIpc) is 2.47. The van der Waals surface area contributed by atoms with Crippen LogP contribution in [0.15, 0.2) is 16.1 Å². The summed E-state index contributed by atoms with van der Waals surface area (Å²) in [5, 5.41) is 0.666. The van der Waals surface area contributed by atoms with Gasteiger partial charge in [0.25, 0.3) is 0 Å². The number of aromatic amines is 1. The average molecular weight is 196 g/mol. The highest BCUT2D eigenvalue weighted by molar-refractivity contribution is 7.98. The molecule has 2 rings (SSSR count). The lowest BCUT2D eigenvalue weighted by Crippen LogP contribution is -2.11. The number of fused-ring (bicyclic) bond motifs is 1. The summed E-state index contributed by atoms with van der Waals surface area (Å²) >= 11 is 1.42. The molecule has 13 heavy (non-hydrogen) atoms. The second-order valence-electron chi connectivity index (χ2n) is 2.60. The second-order valence-corrected chi connectivity index (χ2v) is 3.40. The van der Waals surface area contributed by atoms with Crippen LogP contribution in [0.5, 0.6) is 0 Å². The fourth-order valence-corrected chi connectivity index (χ4v) is 1.67. The number of nitrogens with one attached hydrogen (secondary N) is 1. The van der Waals surface area contributed by atoms with E-state index in [-0.39, 0.29) is 5.69 Å². The van der Waals surface area contributed by atoms with Crippen molar-refractivity contribution in [2.75, 3.05) is 6.26 Å². The predicted octanol–water partition coefficient (Wildman–Crippen LogP) is 0.379. The molecule has 0 aliphatic rings. The minimum atomic E-state index is -0.333. The Bertz CT molecular complexity index is 501. The van der Waals surface area contributed by atoms with Crippen LogP contribution in [0.2, 0.25) is 0 Å². The molecule has 68 valence electrons. The zero-order chi connectivity index (χ0) is 9.42. The second kappa shape index (κ2) is 2.88. The van der Waals surface area contributed by atoms with Crippen molar-refractivity contribution in [2.45, 2.75) is 5.03 Å². The molecule has 0 amide bonds. The Morgan fingerprint density at radius 2 is 2.38 bits per heavy atom. The van der Waals surface area contributed by atoms with Crippen molar-refractivity contribution in [3.8, 4) is 0 Å². The molecule has 0 aliphatic carbocycles. The van der Waals surface area contributed by atoms with Crippen LogP contribution in [0.4, 0.5) is 0 Å². The molecule has 2 heterocycles. The highest BCUT2D eigenvalue weighted by atomic mass is 32.2. The molecule has 0 unspecified atom stereocenters. The molecule has 0 aliphatic heterocycles. The highest BCUT2D eigenvalue weighted by Crippen LogP contribution is 2.18. The van der Waals surface area contributed by atoms with E-state index in [4.69, 9.17) is 0 Å². The Labute approximate surface area is 78.2 Å². The third-order valence-electron chi connectivity index (χ3n) is 1.76. The maximum absolute atomic E-state index is 11.1. The van der Waals surface area contributed by atoms with Gasteiger partial charge >= 0.3 is 5.69 Å². The fourth-order valence-electron chi connectivity index (χ4n) is 1.15. The van der Waals surface area contributed by atoms with Crippen molar-refractivity contribution in [3.05, 3.63) is 16.8 Å². The van der Waals surface area contributed by atoms with Gasteiger partial charge in [-0.2, -0.15) is 4.98 Å². The first-order valence-corrected chi connectivity index (χ1v) is 4.90. The fraction of sp³-hybridized carbons (Fsp3) is 0.286. The SMILES string of the molecule is CSc1nc(=O)[nH]c2c1ncn2C. The van der Waals surface area contributed by atoms with E-state index in [0.717, 1.165) is 5.52 Å². The van der Waals surface area contributed by atoms with E-state index in [0.29, 0.717) is 10.7 Å². The van der Waals surface area contributed by atoms with Gasteiger partial charge in [0, 0.05) is 7.05 Å². The molecule has 5 nitrogen and oxygen atoms in total. The van der Waals surface area contributed by atoms with E-state index in [1.165, 1.54) is 11.8 Å². The molecule has 0 fully saturated rings. The van der Waals surface area contributed by atoms with E-state index in [1.54, 1.807) is 10.9 Å². The standard InChI is InChI=1S/C7H8N4OS/c1-11-3-8-4-5(11)9-7(12)10-6(4)13-2/h3H,1-2H3,(H,9,10,12). The lowest BCUT2D eigenvalue weighted by molar-refractivity contribution is 0.914. The molecule has 0 bridgehead atoms. The van der Waals surface area contributed by atoms with Crippen molar-refractivity contribution >= 4 is 22.9 Å². The van der Waals surface area contributed by atoms with Gasteiger partial charge in [-0.05, 0) is 6.26 Å².